The first-order valence-corrected chi connectivity index (χ1v) is 11.9. The number of amides is 2. The van der Waals surface area contributed by atoms with E-state index in [4.69, 9.17) is 9.47 Å². The van der Waals surface area contributed by atoms with Gasteiger partial charge in [0.25, 0.3) is 17.5 Å². The molecule has 9 heteroatoms. The second-order valence-electron chi connectivity index (χ2n) is 9.10. The van der Waals surface area contributed by atoms with Gasteiger partial charge in [-0.1, -0.05) is 30.3 Å². The van der Waals surface area contributed by atoms with E-state index in [0.717, 1.165) is 41.2 Å². The van der Waals surface area contributed by atoms with Crippen LogP contribution >= 0.6 is 0 Å². The van der Waals surface area contributed by atoms with Crippen molar-refractivity contribution in [2.45, 2.75) is 38.7 Å². The summed E-state index contributed by atoms with van der Waals surface area (Å²) in [6.07, 6.45) is 2.44. The van der Waals surface area contributed by atoms with Gasteiger partial charge in [0.15, 0.2) is 6.29 Å². The largest absolute Gasteiger partial charge is 0.353 e. The van der Waals surface area contributed by atoms with Crippen LogP contribution in [0.3, 0.4) is 0 Å². The molecule has 3 aromatic carbocycles. The van der Waals surface area contributed by atoms with Crippen LogP contribution in [0.2, 0.25) is 0 Å². The topological polar surface area (TPSA) is 113 Å². The number of hydrogen-bond donors (Lipinski definition) is 1. The van der Waals surface area contributed by atoms with Gasteiger partial charge in [0.2, 0.25) is 0 Å². The van der Waals surface area contributed by atoms with E-state index in [0.29, 0.717) is 35.2 Å². The number of carbonyl (C=O) groups is 2. The van der Waals surface area contributed by atoms with E-state index >= 15 is 0 Å². The maximum atomic E-state index is 13.0. The fraction of sp³-hybridized carbons (Fsp3) is 0.259. The van der Waals surface area contributed by atoms with Crippen molar-refractivity contribution in [1.82, 2.24) is 9.88 Å². The van der Waals surface area contributed by atoms with Gasteiger partial charge in [0.1, 0.15) is 0 Å². The third-order valence-electron chi connectivity index (χ3n) is 6.85. The van der Waals surface area contributed by atoms with Crippen LogP contribution in [-0.4, -0.2) is 34.2 Å². The van der Waals surface area contributed by atoms with E-state index in [1.807, 2.05) is 41.0 Å². The molecule has 2 aliphatic heterocycles. The monoisotopic (exact) mass is 485 g/mol. The number of para-hydroxylation sites is 1. The summed E-state index contributed by atoms with van der Waals surface area (Å²) in [6, 6.07) is 16.1. The number of aromatic nitrogens is 1. The Kier molecular flexibility index (Phi) is 5.50. The van der Waals surface area contributed by atoms with Crippen molar-refractivity contribution < 1.29 is 24.0 Å². The number of non-ortho nitro benzene ring substituents is 1. The second kappa shape index (κ2) is 8.85. The van der Waals surface area contributed by atoms with Crippen LogP contribution in [0, 0.1) is 10.1 Å². The van der Waals surface area contributed by atoms with Gasteiger partial charge in [-0.3, -0.25) is 25.0 Å². The van der Waals surface area contributed by atoms with Gasteiger partial charge >= 0.3 is 0 Å². The normalized spacial score (nSPS) is 17.5. The number of nitrogens with zero attached hydrogens (tertiary/aromatic N) is 2. The molecule has 0 radical (unpaired) electrons. The van der Waals surface area contributed by atoms with E-state index < -0.39 is 16.7 Å². The van der Waals surface area contributed by atoms with Crippen molar-refractivity contribution >= 4 is 39.3 Å². The Labute approximate surface area is 205 Å². The first-order chi connectivity index (χ1) is 17.5. The van der Waals surface area contributed by atoms with Crippen LogP contribution in [0.1, 0.15) is 51.1 Å². The number of nitrogens with one attached hydrogen (secondary N) is 1. The molecule has 3 heterocycles. The summed E-state index contributed by atoms with van der Waals surface area (Å²) in [6.45, 7) is 1.12. The molecule has 0 aliphatic carbocycles. The Hall–Kier alpha value is -4.08. The fourth-order valence-corrected chi connectivity index (χ4v) is 5.23. The van der Waals surface area contributed by atoms with Gasteiger partial charge in [-0.2, -0.15) is 0 Å². The number of imide groups is 1. The van der Waals surface area contributed by atoms with Crippen LogP contribution < -0.4 is 5.32 Å². The quantitative estimate of drug-likeness (QED) is 0.241. The highest BCUT2D eigenvalue weighted by Crippen LogP contribution is 2.38. The zero-order valence-corrected chi connectivity index (χ0v) is 19.4. The van der Waals surface area contributed by atoms with Crippen molar-refractivity contribution in [3.05, 3.63) is 87.0 Å². The number of nitro groups is 1. The third-order valence-corrected chi connectivity index (χ3v) is 6.85. The molecule has 1 N–H and O–H groups in total. The lowest BCUT2D eigenvalue weighted by Crippen LogP contribution is -2.23. The number of hydrogen-bond acceptors (Lipinski definition) is 6. The Morgan fingerprint density at radius 3 is 2.67 bits per heavy atom. The highest BCUT2D eigenvalue weighted by molar-refractivity contribution is 6.30. The van der Waals surface area contributed by atoms with Crippen LogP contribution in [-0.2, 0) is 22.6 Å². The molecule has 1 unspecified atom stereocenters. The van der Waals surface area contributed by atoms with Gasteiger partial charge in [-0.05, 0) is 42.5 Å². The number of ether oxygens (including phenoxy) is 2. The third kappa shape index (κ3) is 3.73. The molecule has 0 bridgehead atoms. The van der Waals surface area contributed by atoms with Crippen LogP contribution in [0.25, 0.3) is 21.8 Å². The van der Waals surface area contributed by atoms with Crippen molar-refractivity contribution in [3.63, 3.8) is 0 Å². The summed E-state index contributed by atoms with van der Waals surface area (Å²) in [4.78, 5) is 36.7. The molecule has 4 aromatic rings. The Balaban J connectivity index is 1.53. The van der Waals surface area contributed by atoms with Crippen LogP contribution in [0.15, 0.2) is 54.6 Å². The Morgan fingerprint density at radius 1 is 1.03 bits per heavy atom. The maximum Gasteiger partial charge on any atom is 0.269 e. The minimum atomic E-state index is -0.436. The Morgan fingerprint density at radius 2 is 1.86 bits per heavy atom. The predicted octanol–water partition coefficient (Wildman–Crippen LogP) is 4.68. The van der Waals surface area contributed by atoms with Crippen LogP contribution in [0.4, 0.5) is 5.69 Å². The number of rotatable bonds is 6. The summed E-state index contributed by atoms with van der Waals surface area (Å²) < 4.78 is 13.7. The summed E-state index contributed by atoms with van der Waals surface area (Å²) in [5.41, 5.74) is 3.67. The molecular weight excluding hydrogens is 462 g/mol. The number of benzene rings is 3. The van der Waals surface area contributed by atoms with E-state index in [9.17, 15) is 19.7 Å². The zero-order chi connectivity index (χ0) is 24.8. The minimum Gasteiger partial charge on any atom is -0.353 e. The average Bonchev–Trinajstić information content (AvgIpc) is 3.36. The van der Waals surface area contributed by atoms with Gasteiger partial charge in [0, 0.05) is 41.6 Å². The molecule has 2 amide bonds. The molecule has 182 valence electrons. The minimum absolute atomic E-state index is 0.0145. The van der Waals surface area contributed by atoms with Gasteiger partial charge < -0.3 is 14.0 Å². The van der Waals surface area contributed by atoms with Crippen molar-refractivity contribution in [2.75, 3.05) is 6.61 Å². The van der Waals surface area contributed by atoms with Crippen molar-refractivity contribution in [1.29, 1.82) is 0 Å². The van der Waals surface area contributed by atoms with Gasteiger partial charge in [0.05, 0.1) is 28.2 Å². The molecule has 0 saturated carbocycles. The lowest BCUT2D eigenvalue weighted by atomic mass is 9.97. The lowest BCUT2D eigenvalue weighted by Gasteiger charge is -2.23. The van der Waals surface area contributed by atoms with Crippen LogP contribution in [0.5, 0.6) is 0 Å². The first kappa shape index (κ1) is 22.4. The predicted molar refractivity (Wildman–Crippen MR) is 132 cm³/mol. The highest BCUT2D eigenvalue weighted by atomic mass is 16.7. The van der Waals surface area contributed by atoms with E-state index in [1.165, 1.54) is 6.07 Å². The van der Waals surface area contributed by atoms with Gasteiger partial charge in [-0.15, -0.1) is 0 Å². The summed E-state index contributed by atoms with van der Waals surface area (Å²) in [7, 11) is 0. The van der Waals surface area contributed by atoms with E-state index in [-0.39, 0.29) is 18.6 Å². The molecular formula is C27H23N3O6. The molecule has 0 spiro atoms. The molecule has 1 atom stereocenters. The number of fused-ring (bicyclic) bond motifs is 5. The number of carbonyl (C=O) groups excluding carboxylic acids is 2. The molecule has 36 heavy (non-hydrogen) atoms. The first-order valence-electron chi connectivity index (χ1n) is 11.9. The Bertz CT molecular complexity index is 1550. The highest BCUT2D eigenvalue weighted by Gasteiger charge is 2.34. The second-order valence-corrected chi connectivity index (χ2v) is 9.10. The zero-order valence-electron chi connectivity index (χ0n) is 19.4. The molecule has 2 aliphatic rings. The molecule has 1 fully saturated rings. The molecule has 1 aromatic heterocycles. The summed E-state index contributed by atoms with van der Waals surface area (Å²) >= 11 is 0. The van der Waals surface area contributed by atoms with E-state index in [1.54, 1.807) is 12.1 Å². The van der Waals surface area contributed by atoms with Gasteiger partial charge in [-0.25, -0.2) is 0 Å². The summed E-state index contributed by atoms with van der Waals surface area (Å²) in [5.74, 6) is -0.871. The molecule has 6 rings (SSSR count). The van der Waals surface area contributed by atoms with Crippen molar-refractivity contribution in [2.24, 2.45) is 0 Å². The lowest BCUT2D eigenvalue weighted by molar-refractivity contribution is -0.384. The molecule has 1 saturated heterocycles. The summed E-state index contributed by atoms with van der Waals surface area (Å²) in [5, 5.41) is 15.3. The van der Waals surface area contributed by atoms with E-state index in [2.05, 4.69) is 5.32 Å². The molecule has 9 nitrogen and oxygen atoms in total. The smallest absolute Gasteiger partial charge is 0.269 e. The number of nitro benzene ring substituents is 1. The van der Waals surface area contributed by atoms with Crippen molar-refractivity contribution in [3.8, 4) is 0 Å². The SMILES string of the molecule is O=C1NC(=O)c2c1c(COC1CCCCO1)cc1c2c2ccccc2n1Cc1cccc([N+](=O)[O-])c1. The fourth-order valence-electron chi connectivity index (χ4n) is 5.23. The maximum absolute atomic E-state index is 13.0. The standard InChI is InChI=1S/C27H23N3O6/c31-26-23-17(15-36-22-10-3-4-11-35-22)13-21-24(25(23)27(32)28-26)19-8-1-2-9-20(19)29(21)14-16-6-5-7-18(12-16)30(33)34/h1-2,5-9,12-13,22H,3-4,10-11,14-15H2,(H,28,31,32). The average molecular weight is 485 g/mol.